The maximum absolute atomic E-state index is 9.78. The van der Waals surface area contributed by atoms with E-state index >= 15 is 0 Å². The fraction of sp³-hybridized carbons (Fsp3) is 0.583. The Morgan fingerprint density at radius 3 is 3.00 bits per heavy atom. The molecule has 0 radical (unpaired) electrons. The van der Waals surface area contributed by atoms with Crippen molar-refractivity contribution in [1.29, 1.82) is 0 Å². The quantitative estimate of drug-likeness (QED) is 0.812. The summed E-state index contributed by atoms with van der Waals surface area (Å²) in [6.45, 7) is 0.871. The fourth-order valence-electron chi connectivity index (χ4n) is 2.33. The fourth-order valence-corrected chi connectivity index (χ4v) is 2.33. The predicted molar refractivity (Wildman–Crippen MR) is 59.3 cm³/mol. The Balaban J connectivity index is 1.94. The molecule has 3 nitrogen and oxygen atoms in total. The van der Waals surface area contributed by atoms with E-state index in [-0.39, 0.29) is 6.10 Å². The molecule has 3 heteroatoms. The summed E-state index contributed by atoms with van der Waals surface area (Å²) in [7, 11) is 2.08. The smallest absolute Gasteiger partial charge is 0.0695 e. The van der Waals surface area contributed by atoms with Crippen molar-refractivity contribution in [2.24, 2.45) is 0 Å². The van der Waals surface area contributed by atoms with Crippen LogP contribution in [0.3, 0.4) is 0 Å². The molecule has 1 heterocycles. The van der Waals surface area contributed by atoms with Crippen molar-refractivity contribution in [3.63, 3.8) is 0 Å². The predicted octanol–water partition coefficient (Wildman–Crippen LogP) is 1.43. The molecular formula is C12H18N2O. The summed E-state index contributed by atoms with van der Waals surface area (Å²) in [6.07, 6.45) is 6.72. The standard InChI is InChI=1S/C12H18N2O/c1-14(11-5-2-6-12(11)15)9-10-4-3-7-13-8-10/h3-4,7-8,11-12,15H,2,5-6,9H2,1H3. The molecule has 0 bridgehead atoms. The van der Waals surface area contributed by atoms with Crippen LogP contribution < -0.4 is 0 Å². The number of aromatic nitrogens is 1. The molecule has 2 unspecified atom stereocenters. The number of nitrogens with zero attached hydrogens (tertiary/aromatic N) is 2. The maximum atomic E-state index is 9.78. The average Bonchev–Trinajstić information content (AvgIpc) is 2.66. The minimum atomic E-state index is -0.147. The Labute approximate surface area is 90.8 Å². The first-order valence-corrected chi connectivity index (χ1v) is 5.54. The van der Waals surface area contributed by atoms with Crippen LogP contribution in [-0.4, -0.2) is 34.2 Å². The van der Waals surface area contributed by atoms with Crippen LogP contribution in [0.4, 0.5) is 0 Å². The number of hydrogen-bond acceptors (Lipinski definition) is 3. The Morgan fingerprint density at radius 2 is 2.40 bits per heavy atom. The van der Waals surface area contributed by atoms with Gasteiger partial charge in [0.25, 0.3) is 0 Å². The van der Waals surface area contributed by atoms with E-state index in [1.165, 1.54) is 5.56 Å². The minimum absolute atomic E-state index is 0.147. The molecule has 0 spiro atoms. The number of aliphatic hydroxyl groups excluding tert-OH is 1. The molecule has 82 valence electrons. The van der Waals surface area contributed by atoms with Crippen molar-refractivity contribution in [2.45, 2.75) is 38.0 Å². The van der Waals surface area contributed by atoms with Gasteiger partial charge in [0.1, 0.15) is 0 Å². The largest absolute Gasteiger partial charge is 0.391 e. The molecule has 2 rings (SSSR count). The maximum Gasteiger partial charge on any atom is 0.0695 e. The van der Waals surface area contributed by atoms with Crippen LogP contribution >= 0.6 is 0 Å². The molecule has 2 atom stereocenters. The van der Waals surface area contributed by atoms with Gasteiger partial charge in [0.2, 0.25) is 0 Å². The molecule has 1 aliphatic carbocycles. The van der Waals surface area contributed by atoms with Crippen LogP contribution in [0.25, 0.3) is 0 Å². The number of aliphatic hydroxyl groups is 1. The molecule has 1 aromatic rings. The van der Waals surface area contributed by atoms with Crippen LogP contribution in [0.15, 0.2) is 24.5 Å². The van der Waals surface area contributed by atoms with E-state index in [2.05, 4.69) is 23.0 Å². The van der Waals surface area contributed by atoms with E-state index in [1.54, 1.807) is 6.20 Å². The van der Waals surface area contributed by atoms with Gasteiger partial charge < -0.3 is 5.11 Å². The van der Waals surface area contributed by atoms with Crippen LogP contribution in [-0.2, 0) is 6.54 Å². The van der Waals surface area contributed by atoms with E-state index in [1.807, 2.05) is 12.3 Å². The van der Waals surface area contributed by atoms with E-state index < -0.39 is 0 Å². The summed E-state index contributed by atoms with van der Waals surface area (Å²) in [5.41, 5.74) is 1.21. The summed E-state index contributed by atoms with van der Waals surface area (Å²) >= 11 is 0. The van der Waals surface area contributed by atoms with Crippen LogP contribution in [0.1, 0.15) is 24.8 Å². The number of rotatable bonds is 3. The lowest BCUT2D eigenvalue weighted by Gasteiger charge is -2.26. The zero-order valence-corrected chi connectivity index (χ0v) is 9.13. The zero-order chi connectivity index (χ0) is 10.7. The average molecular weight is 206 g/mol. The van der Waals surface area contributed by atoms with E-state index in [0.717, 1.165) is 25.8 Å². The molecule has 0 saturated heterocycles. The van der Waals surface area contributed by atoms with E-state index in [0.29, 0.717) is 6.04 Å². The lowest BCUT2D eigenvalue weighted by molar-refractivity contribution is 0.0824. The lowest BCUT2D eigenvalue weighted by Crippen LogP contribution is -2.36. The third-order valence-electron chi connectivity index (χ3n) is 3.16. The molecule has 0 aliphatic heterocycles. The first kappa shape index (κ1) is 10.6. The topological polar surface area (TPSA) is 36.4 Å². The summed E-state index contributed by atoms with van der Waals surface area (Å²) in [4.78, 5) is 6.33. The number of hydrogen-bond donors (Lipinski definition) is 1. The Morgan fingerprint density at radius 1 is 1.53 bits per heavy atom. The first-order valence-electron chi connectivity index (χ1n) is 5.54. The van der Waals surface area contributed by atoms with Gasteiger partial charge in [0.05, 0.1) is 6.10 Å². The second kappa shape index (κ2) is 4.73. The highest BCUT2D eigenvalue weighted by molar-refractivity contribution is 5.08. The molecule has 1 fully saturated rings. The Kier molecular flexibility index (Phi) is 3.34. The van der Waals surface area contributed by atoms with Crippen LogP contribution in [0.5, 0.6) is 0 Å². The number of pyridine rings is 1. The second-order valence-corrected chi connectivity index (χ2v) is 4.34. The van der Waals surface area contributed by atoms with Crippen molar-refractivity contribution < 1.29 is 5.11 Å². The van der Waals surface area contributed by atoms with Gasteiger partial charge in [0, 0.05) is 25.0 Å². The zero-order valence-electron chi connectivity index (χ0n) is 9.13. The van der Waals surface area contributed by atoms with Crippen molar-refractivity contribution in [3.05, 3.63) is 30.1 Å². The molecule has 1 aromatic heterocycles. The third kappa shape index (κ3) is 2.55. The monoisotopic (exact) mass is 206 g/mol. The van der Waals surface area contributed by atoms with Crippen molar-refractivity contribution >= 4 is 0 Å². The van der Waals surface area contributed by atoms with E-state index in [9.17, 15) is 5.11 Å². The van der Waals surface area contributed by atoms with Gasteiger partial charge in [-0.05, 0) is 37.9 Å². The van der Waals surface area contributed by atoms with Gasteiger partial charge in [-0.15, -0.1) is 0 Å². The molecule has 0 amide bonds. The Hall–Kier alpha value is -0.930. The van der Waals surface area contributed by atoms with E-state index in [4.69, 9.17) is 0 Å². The van der Waals surface area contributed by atoms with Crippen molar-refractivity contribution in [2.75, 3.05) is 7.05 Å². The lowest BCUT2D eigenvalue weighted by atomic mass is 10.1. The van der Waals surface area contributed by atoms with Gasteiger partial charge in [0.15, 0.2) is 0 Å². The molecule has 0 aromatic carbocycles. The van der Waals surface area contributed by atoms with Gasteiger partial charge in [-0.1, -0.05) is 6.07 Å². The summed E-state index contributed by atoms with van der Waals surface area (Å²) in [5, 5.41) is 9.78. The highest BCUT2D eigenvalue weighted by Gasteiger charge is 2.28. The second-order valence-electron chi connectivity index (χ2n) is 4.34. The van der Waals surface area contributed by atoms with Gasteiger partial charge >= 0.3 is 0 Å². The molecule has 1 aliphatic rings. The molecular weight excluding hydrogens is 188 g/mol. The summed E-state index contributed by atoms with van der Waals surface area (Å²) in [5.74, 6) is 0. The third-order valence-corrected chi connectivity index (χ3v) is 3.16. The van der Waals surface area contributed by atoms with Crippen molar-refractivity contribution in [1.82, 2.24) is 9.88 Å². The molecule has 1 saturated carbocycles. The highest BCUT2D eigenvalue weighted by atomic mass is 16.3. The number of likely N-dealkylation sites (N-methyl/N-ethyl adjacent to an activating group) is 1. The normalized spacial score (nSPS) is 26.1. The van der Waals surface area contributed by atoms with Crippen LogP contribution in [0.2, 0.25) is 0 Å². The molecule has 1 N–H and O–H groups in total. The van der Waals surface area contributed by atoms with Gasteiger partial charge in [-0.25, -0.2) is 0 Å². The SMILES string of the molecule is CN(Cc1cccnc1)C1CCCC1O. The summed E-state index contributed by atoms with van der Waals surface area (Å²) in [6, 6.07) is 4.35. The Bertz CT molecular complexity index is 302. The highest BCUT2D eigenvalue weighted by Crippen LogP contribution is 2.24. The molecule has 15 heavy (non-hydrogen) atoms. The van der Waals surface area contributed by atoms with Crippen molar-refractivity contribution in [3.8, 4) is 0 Å². The van der Waals surface area contributed by atoms with Gasteiger partial charge in [-0.2, -0.15) is 0 Å². The van der Waals surface area contributed by atoms with Crippen LogP contribution in [0, 0.1) is 0 Å². The summed E-state index contributed by atoms with van der Waals surface area (Å²) < 4.78 is 0. The first-order chi connectivity index (χ1) is 7.27. The minimum Gasteiger partial charge on any atom is -0.391 e. The van der Waals surface area contributed by atoms with Gasteiger partial charge in [-0.3, -0.25) is 9.88 Å².